The zero-order chi connectivity index (χ0) is 14.5. The Morgan fingerprint density at radius 2 is 1.90 bits per heavy atom. The van der Waals surface area contributed by atoms with Gasteiger partial charge in [-0.15, -0.1) is 0 Å². The molecule has 20 heavy (non-hydrogen) atoms. The minimum atomic E-state index is 0.337. The maximum Gasteiger partial charge on any atom is 0.0469 e. The lowest BCUT2D eigenvalue weighted by Gasteiger charge is -2.39. The van der Waals surface area contributed by atoms with Gasteiger partial charge in [-0.25, -0.2) is 0 Å². The number of benzene rings is 1. The summed E-state index contributed by atoms with van der Waals surface area (Å²) in [6.45, 7) is 4.65. The van der Waals surface area contributed by atoms with Crippen LogP contribution in [0.3, 0.4) is 0 Å². The van der Waals surface area contributed by atoms with E-state index in [1.807, 2.05) is 12.1 Å². The number of halogens is 1. The first-order valence-electron chi connectivity index (χ1n) is 7.38. The Morgan fingerprint density at radius 3 is 2.45 bits per heavy atom. The van der Waals surface area contributed by atoms with Crippen molar-refractivity contribution in [2.45, 2.75) is 31.8 Å². The summed E-state index contributed by atoms with van der Waals surface area (Å²) >= 11 is 5.96. The van der Waals surface area contributed by atoms with E-state index in [-0.39, 0.29) is 0 Å². The van der Waals surface area contributed by atoms with Gasteiger partial charge in [0.1, 0.15) is 0 Å². The Hall–Kier alpha value is -0.610. The van der Waals surface area contributed by atoms with Crippen LogP contribution in [0, 0.1) is 5.92 Å². The SMILES string of the molecule is CC(c1ccc(Cl)cc1)N(C)C(CN)C1CCOCC1. The fraction of sp³-hybridized carbons (Fsp3) is 0.625. The first-order chi connectivity index (χ1) is 9.63. The molecule has 2 N–H and O–H groups in total. The van der Waals surface area contributed by atoms with E-state index in [0.29, 0.717) is 24.5 Å². The van der Waals surface area contributed by atoms with Crippen molar-refractivity contribution in [3.63, 3.8) is 0 Å². The average Bonchev–Trinajstić information content (AvgIpc) is 2.49. The van der Waals surface area contributed by atoms with E-state index in [1.54, 1.807) is 0 Å². The molecule has 1 saturated heterocycles. The molecule has 112 valence electrons. The van der Waals surface area contributed by atoms with Crippen molar-refractivity contribution in [3.8, 4) is 0 Å². The molecule has 1 aromatic rings. The number of hydrogen-bond donors (Lipinski definition) is 1. The molecule has 0 spiro atoms. The maximum atomic E-state index is 6.04. The van der Waals surface area contributed by atoms with Gasteiger partial charge in [0.25, 0.3) is 0 Å². The van der Waals surface area contributed by atoms with Gasteiger partial charge < -0.3 is 10.5 Å². The van der Waals surface area contributed by atoms with Crippen LogP contribution in [0.1, 0.15) is 31.4 Å². The molecule has 2 atom stereocenters. The lowest BCUT2D eigenvalue weighted by Crippen LogP contribution is -2.46. The molecule has 0 radical (unpaired) electrons. The Labute approximate surface area is 127 Å². The van der Waals surface area contributed by atoms with Crippen LogP contribution in [0.25, 0.3) is 0 Å². The zero-order valence-electron chi connectivity index (χ0n) is 12.4. The van der Waals surface area contributed by atoms with Gasteiger partial charge in [0.2, 0.25) is 0 Å². The van der Waals surface area contributed by atoms with Crippen molar-refractivity contribution in [1.29, 1.82) is 0 Å². The Morgan fingerprint density at radius 1 is 1.30 bits per heavy atom. The second kappa shape index (κ2) is 7.41. The highest BCUT2D eigenvalue weighted by Gasteiger charge is 2.28. The summed E-state index contributed by atoms with van der Waals surface area (Å²) in [4.78, 5) is 2.40. The molecule has 4 heteroatoms. The van der Waals surface area contributed by atoms with Crippen LogP contribution in [0.4, 0.5) is 0 Å². The van der Waals surface area contributed by atoms with E-state index < -0.39 is 0 Å². The summed E-state index contributed by atoms with van der Waals surface area (Å²) in [5.41, 5.74) is 7.32. The molecule has 1 fully saturated rings. The zero-order valence-corrected chi connectivity index (χ0v) is 13.1. The molecule has 3 nitrogen and oxygen atoms in total. The lowest BCUT2D eigenvalue weighted by molar-refractivity contribution is 0.0252. The van der Waals surface area contributed by atoms with Crippen LogP contribution in [0.5, 0.6) is 0 Å². The standard InChI is InChI=1S/C16H25ClN2O/c1-12(13-3-5-15(17)6-4-13)19(2)16(11-18)14-7-9-20-10-8-14/h3-6,12,14,16H,7-11,18H2,1-2H3. The van der Waals surface area contributed by atoms with Crippen LogP contribution in [-0.2, 0) is 4.74 Å². The number of likely N-dealkylation sites (N-methyl/N-ethyl adjacent to an activating group) is 1. The first kappa shape index (κ1) is 15.8. The second-order valence-corrected chi connectivity index (χ2v) is 6.08. The Kier molecular flexibility index (Phi) is 5.85. The molecule has 0 saturated carbocycles. The van der Waals surface area contributed by atoms with Crippen LogP contribution in [-0.4, -0.2) is 37.7 Å². The molecule has 1 aromatic carbocycles. The van der Waals surface area contributed by atoms with Gasteiger partial charge in [0, 0.05) is 36.9 Å². The van der Waals surface area contributed by atoms with E-state index in [9.17, 15) is 0 Å². The van der Waals surface area contributed by atoms with Gasteiger partial charge in [0.05, 0.1) is 0 Å². The van der Waals surface area contributed by atoms with E-state index in [4.69, 9.17) is 22.1 Å². The number of nitrogens with two attached hydrogens (primary N) is 1. The average molecular weight is 297 g/mol. The summed E-state index contributed by atoms with van der Waals surface area (Å²) in [5, 5.41) is 0.781. The highest BCUT2D eigenvalue weighted by Crippen LogP contribution is 2.28. The molecular formula is C16H25ClN2O. The topological polar surface area (TPSA) is 38.5 Å². The van der Waals surface area contributed by atoms with Crippen LogP contribution < -0.4 is 5.73 Å². The van der Waals surface area contributed by atoms with Crippen molar-refractivity contribution >= 4 is 11.6 Å². The second-order valence-electron chi connectivity index (χ2n) is 5.65. The number of nitrogens with zero attached hydrogens (tertiary/aromatic N) is 1. The molecule has 0 bridgehead atoms. The highest BCUT2D eigenvalue weighted by atomic mass is 35.5. The van der Waals surface area contributed by atoms with Crippen molar-refractivity contribution in [2.75, 3.05) is 26.8 Å². The van der Waals surface area contributed by atoms with Gasteiger partial charge in [-0.2, -0.15) is 0 Å². The minimum absolute atomic E-state index is 0.337. The van der Waals surface area contributed by atoms with Crippen molar-refractivity contribution in [3.05, 3.63) is 34.9 Å². The third kappa shape index (κ3) is 3.73. The summed E-state index contributed by atoms with van der Waals surface area (Å²) in [6.07, 6.45) is 2.22. The predicted molar refractivity (Wildman–Crippen MR) is 84.0 cm³/mol. The number of ether oxygens (including phenoxy) is 1. The van der Waals surface area contributed by atoms with Crippen LogP contribution in [0.15, 0.2) is 24.3 Å². The first-order valence-corrected chi connectivity index (χ1v) is 7.76. The smallest absolute Gasteiger partial charge is 0.0469 e. The van der Waals surface area contributed by atoms with Crippen molar-refractivity contribution < 1.29 is 4.74 Å². The Balaban J connectivity index is 2.06. The van der Waals surface area contributed by atoms with Gasteiger partial charge in [-0.05, 0) is 50.4 Å². The van der Waals surface area contributed by atoms with Gasteiger partial charge in [0.15, 0.2) is 0 Å². The lowest BCUT2D eigenvalue weighted by atomic mass is 9.89. The molecule has 1 aliphatic heterocycles. The van der Waals surface area contributed by atoms with Crippen molar-refractivity contribution in [1.82, 2.24) is 4.90 Å². The third-order valence-electron chi connectivity index (χ3n) is 4.54. The van der Waals surface area contributed by atoms with Crippen LogP contribution >= 0.6 is 11.6 Å². The minimum Gasteiger partial charge on any atom is -0.381 e. The molecule has 1 aliphatic rings. The summed E-state index contributed by atoms with van der Waals surface area (Å²) in [6, 6.07) is 8.84. The summed E-state index contributed by atoms with van der Waals surface area (Å²) < 4.78 is 5.46. The van der Waals surface area contributed by atoms with Gasteiger partial charge in [-0.3, -0.25) is 4.90 Å². The van der Waals surface area contributed by atoms with Gasteiger partial charge in [-0.1, -0.05) is 23.7 Å². The maximum absolute atomic E-state index is 6.04. The molecule has 0 aromatic heterocycles. The van der Waals surface area contributed by atoms with E-state index in [0.717, 1.165) is 31.1 Å². The van der Waals surface area contributed by atoms with E-state index in [2.05, 4.69) is 31.0 Å². The Bertz CT molecular complexity index is 403. The van der Waals surface area contributed by atoms with Crippen LogP contribution in [0.2, 0.25) is 5.02 Å². The number of rotatable bonds is 5. The summed E-state index contributed by atoms with van der Waals surface area (Å²) in [7, 11) is 2.17. The number of hydrogen-bond acceptors (Lipinski definition) is 3. The molecular weight excluding hydrogens is 272 g/mol. The largest absolute Gasteiger partial charge is 0.381 e. The molecule has 0 amide bonds. The van der Waals surface area contributed by atoms with Crippen molar-refractivity contribution in [2.24, 2.45) is 11.7 Å². The quantitative estimate of drug-likeness (QED) is 0.907. The molecule has 2 unspecified atom stereocenters. The molecule has 0 aliphatic carbocycles. The molecule has 2 rings (SSSR count). The predicted octanol–water partition coefficient (Wildman–Crippen LogP) is 3.09. The van der Waals surface area contributed by atoms with Gasteiger partial charge >= 0.3 is 0 Å². The molecule has 1 heterocycles. The fourth-order valence-electron chi connectivity index (χ4n) is 3.06. The summed E-state index contributed by atoms with van der Waals surface area (Å²) in [5.74, 6) is 0.633. The van der Waals surface area contributed by atoms with E-state index in [1.165, 1.54) is 5.56 Å². The monoisotopic (exact) mass is 296 g/mol. The normalized spacial score (nSPS) is 20.1. The highest BCUT2D eigenvalue weighted by molar-refractivity contribution is 6.30. The fourth-order valence-corrected chi connectivity index (χ4v) is 3.18. The van der Waals surface area contributed by atoms with E-state index >= 15 is 0 Å². The third-order valence-corrected chi connectivity index (χ3v) is 4.79.